The maximum Gasteiger partial charge on any atom is 0.493 e. The SMILES string of the molecule is COP(=O)(Oc1ccccc1)N(c1ccccc1C[C@H](N)C(=O)O)c1c(Cl)cccc1Cl. The van der Waals surface area contributed by atoms with Gasteiger partial charge in [-0.1, -0.05) is 65.7 Å². The van der Waals surface area contributed by atoms with E-state index in [1.165, 1.54) is 11.8 Å². The normalized spacial score (nSPS) is 13.8. The quantitative estimate of drug-likeness (QED) is 0.356. The van der Waals surface area contributed by atoms with Gasteiger partial charge >= 0.3 is 13.7 Å². The number of anilines is 2. The molecular weight excluding hydrogens is 474 g/mol. The van der Waals surface area contributed by atoms with Crippen LogP contribution in [0.3, 0.4) is 0 Å². The van der Waals surface area contributed by atoms with Gasteiger partial charge in [0.15, 0.2) is 0 Å². The van der Waals surface area contributed by atoms with Gasteiger partial charge in [-0.3, -0.25) is 9.32 Å². The minimum atomic E-state index is -4.15. The monoisotopic (exact) mass is 494 g/mol. The molecule has 3 aromatic carbocycles. The molecule has 3 N–H and O–H groups in total. The fourth-order valence-corrected chi connectivity index (χ4v) is 5.37. The van der Waals surface area contributed by atoms with Crippen LogP contribution in [0.25, 0.3) is 0 Å². The molecule has 0 radical (unpaired) electrons. The Morgan fingerprint density at radius 3 is 2.22 bits per heavy atom. The summed E-state index contributed by atoms with van der Waals surface area (Å²) in [5.74, 6) is -0.872. The summed E-state index contributed by atoms with van der Waals surface area (Å²) in [6.45, 7) is 0. The highest BCUT2D eigenvalue weighted by Crippen LogP contribution is 2.60. The Morgan fingerprint density at radius 1 is 1.03 bits per heavy atom. The number of aliphatic carboxylic acids is 1. The predicted octanol–water partition coefficient (Wildman–Crippen LogP) is 5.92. The second kappa shape index (κ2) is 10.4. The molecule has 0 spiro atoms. The molecule has 0 aromatic heterocycles. The standard InChI is InChI=1S/C22H21Cl2N2O5P/c1-30-32(29,31-16-9-3-2-4-10-16)26(21-17(23)11-7-12-18(21)24)20-13-6-5-8-15(20)14-19(25)22(27)28/h2-13,19H,14,25H2,1H3,(H,27,28)/t19-,32?/m0/s1. The lowest BCUT2D eigenvalue weighted by Crippen LogP contribution is -2.33. The maximum atomic E-state index is 14.1. The number of para-hydroxylation sites is 3. The van der Waals surface area contributed by atoms with Crippen molar-refractivity contribution in [2.75, 3.05) is 11.8 Å². The Kier molecular flexibility index (Phi) is 7.82. The van der Waals surface area contributed by atoms with Crippen molar-refractivity contribution in [1.82, 2.24) is 0 Å². The van der Waals surface area contributed by atoms with Crippen LogP contribution in [0, 0.1) is 0 Å². The molecule has 2 atom stereocenters. The van der Waals surface area contributed by atoms with Crippen LogP contribution in [0.5, 0.6) is 5.75 Å². The first-order valence-corrected chi connectivity index (χ1v) is 11.7. The maximum absolute atomic E-state index is 14.1. The summed E-state index contributed by atoms with van der Waals surface area (Å²) in [6, 6.07) is 18.9. The number of halogens is 2. The first kappa shape index (κ1) is 24.1. The molecular formula is C22H21Cl2N2O5P. The molecule has 0 aliphatic carbocycles. The number of carbonyl (C=O) groups is 1. The van der Waals surface area contributed by atoms with Gasteiger partial charge in [-0.05, 0) is 35.9 Å². The van der Waals surface area contributed by atoms with Crippen LogP contribution in [-0.4, -0.2) is 24.2 Å². The van der Waals surface area contributed by atoms with E-state index in [-0.39, 0.29) is 22.2 Å². The highest BCUT2D eigenvalue weighted by molar-refractivity contribution is 7.56. The number of carboxylic acids is 1. The van der Waals surface area contributed by atoms with Gasteiger partial charge in [0.2, 0.25) is 0 Å². The number of carboxylic acid groups (broad SMARTS) is 1. The molecule has 0 heterocycles. The van der Waals surface area contributed by atoms with Gasteiger partial charge in [-0.15, -0.1) is 0 Å². The van der Waals surface area contributed by atoms with Crippen molar-refractivity contribution in [3.63, 3.8) is 0 Å². The molecule has 3 rings (SSSR count). The van der Waals surface area contributed by atoms with Gasteiger partial charge in [0.05, 0.1) is 21.4 Å². The largest absolute Gasteiger partial charge is 0.493 e. The molecule has 0 saturated carbocycles. The Labute approximate surface area is 195 Å². The number of rotatable bonds is 9. The van der Waals surface area contributed by atoms with Crippen LogP contribution in [0.15, 0.2) is 72.8 Å². The fourth-order valence-electron chi connectivity index (χ4n) is 3.05. The van der Waals surface area contributed by atoms with Crippen molar-refractivity contribution in [3.05, 3.63) is 88.4 Å². The lowest BCUT2D eigenvalue weighted by Gasteiger charge is -2.33. The van der Waals surface area contributed by atoms with Crippen molar-refractivity contribution in [2.45, 2.75) is 12.5 Å². The molecule has 168 valence electrons. The van der Waals surface area contributed by atoms with Crippen LogP contribution < -0.4 is 14.9 Å². The Balaban J connectivity index is 2.23. The zero-order valence-electron chi connectivity index (χ0n) is 17.0. The third kappa shape index (κ3) is 5.26. The lowest BCUT2D eigenvalue weighted by atomic mass is 10.0. The molecule has 0 aliphatic rings. The summed E-state index contributed by atoms with van der Waals surface area (Å²) in [6.07, 6.45) is -0.0425. The summed E-state index contributed by atoms with van der Waals surface area (Å²) in [7, 11) is -2.90. The van der Waals surface area contributed by atoms with Crippen LogP contribution in [0.1, 0.15) is 5.56 Å². The average molecular weight is 495 g/mol. The first-order valence-electron chi connectivity index (χ1n) is 9.48. The van der Waals surface area contributed by atoms with E-state index >= 15 is 0 Å². The minimum absolute atomic E-state index is 0.0425. The van der Waals surface area contributed by atoms with E-state index in [1.54, 1.807) is 72.8 Å². The van der Waals surface area contributed by atoms with Gasteiger partial charge in [0, 0.05) is 13.5 Å². The van der Waals surface area contributed by atoms with Gasteiger partial charge in [-0.2, -0.15) is 0 Å². The second-order valence-corrected chi connectivity index (χ2v) is 9.41. The molecule has 10 heteroatoms. The molecule has 32 heavy (non-hydrogen) atoms. The van der Waals surface area contributed by atoms with Gasteiger partial charge in [-0.25, -0.2) is 9.24 Å². The zero-order chi connectivity index (χ0) is 23.3. The van der Waals surface area contributed by atoms with Crippen molar-refractivity contribution in [2.24, 2.45) is 5.73 Å². The molecule has 3 aromatic rings. The molecule has 7 nitrogen and oxygen atoms in total. The van der Waals surface area contributed by atoms with E-state index in [0.29, 0.717) is 17.0 Å². The summed E-state index contributed by atoms with van der Waals surface area (Å²) in [5, 5.41) is 9.69. The number of hydrogen-bond acceptors (Lipinski definition) is 5. The number of benzene rings is 3. The molecule has 0 aliphatic heterocycles. The molecule has 0 saturated heterocycles. The van der Waals surface area contributed by atoms with Crippen LogP contribution in [0.4, 0.5) is 11.4 Å². The predicted molar refractivity (Wildman–Crippen MR) is 126 cm³/mol. The van der Waals surface area contributed by atoms with Crippen molar-refractivity contribution >= 4 is 48.3 Å². The molecule has 0 bridgehead atoms. The topological polar surface area (TPSA) is 102 Å². The van der Waals surface area contributed by atoms with Gasteiger partial charge < -0.3 is 15.4 Å². The van der Waals surface area contributed by atoms with E-state index in [1.807, 2.05) is 0 Å². The third-order valence-corrected chi connectivity index (χ3v) is 6.98. The Bertz CT molecular complexity index is 1130. The number of nitrogens with two attached hydrogens (primary N) is 1. The summed E-state index contributed by atoms with van der Waals surface area (Å²) in [5.41, 5.74) is 6.79. The highest BCUT2D eigenvalue weighted by Gasteiger charge is 2.40. The molecule has 1 unspecified atom stereocenters. The first-order chi connectivity index (χ1) is 15.3. The van der Waals surface area contributed by atoms with E-state index < -0.39 is 19.8 Å². The Morgan fingerprint density at radius 2 is 1.62 bits per heavy atom. The average Bonchev–Trinajstić information content (AvgIpc) is 2.77. The Hall–Kier alpha value is -2.54. The molecule has 0 fully saturated rings. The van der Waals surface area contributed by atoms with E-state index in [4.69, 9.17) is 38.0 Å². The van der Waals surface area contributed by atoms with Gasteiger partial charge in [0.25, 0.3) is 0 Å². The second-order valence-electron chi connectivity index (χ2n) is 6.72. The number of nitrogens with zero attached hydrogens (tertiary/aromatic N) is 1. The summed E-state index contributed by atoms with van der Waals surface area (Å²) >= 11 is 12.9. The van der Waals surface area contributed by atoms with E-state index in [0.717, 1.165) is 0 Å². The smallest absolute Gasteiger partial charge is 0.480 e. The van der Waals surface area contributed by atoms with Crippen LogP contribution >= 0.6 is 30.9 Å². The number of hydrogen-bond donors (Lipinski definition) is 2. The summed E-state index contributed by atoms with van der Waals surface area (Å²) < 4.78 is 26.7. The van der Waals surface area contributed by atoms with Crippen molar-refractivity contribution in [3.8, 4) is 5.75 Å². The minimum Gasteiger partial charge on any atom is -0.480 e. The highest BCUT2D eigenvalue weighted by atomic mass is 35.5. The summed E-state index contributed by atoms with van der Waals surface area (Å²) in [4.78, 5) is 11.4. The van der Waals surface area contributed by atoms with Crippen LogP contribution in [0.2, 0.25) is 10.0 Å². The molecule has 0 amide bonds. The fraction of sp³-hybridized carbons (Fsp3) is 0.136. The third-order valence-electron chi connectivity index (χ3n) is 4.57. The zero-order valence-corrected chi connectivity index (χ0v) is 19.4. The van der Waals surface area contributed by atoms with Crippen LogP contribution in [-0.2, 0) is 20.3 Å². The van der Waals surface area contributed by atoms with Crippen molar-refractivity contribution < 1.29 is 23.5 Å². The van der Waals surface area contributed by atoms with E-state index in [9.17, 15) is 14.5 Å². The van der Waals surface area contributed by atoms with Crippen molar-refractivity contribution in [1.29, 1.82) is 0 Å². The van der Waals surface area contributed by atoms with Gasteiger partial charge in [0.1, 0.15) is 11.8 Å². The lowest BCUT2D eigenvalue weighted by molar-refractivity contribution is -0.138. The van der Waals surface area contributed by atoms with E-state index in [2.05, 4.69) is 0 Å².